The topological polar surface area (TPSA) is 81.8 Å². The molecule has 0 spiro atoms. The molecule has 4 unspecified atom stereocenters. The zero-order chi connectivity index (χ0) is 23.2. The molecule has 2 N–H and O–H groups in total. The van der Waals surface area contributed by atoms with Crippen molar-refractivity contribution in [3.05, 3.63) is 35.9 Å². The van der Waals surface area contributed by atoms with Crippen LogP contribution in [0.4, 0.5) is 4.79 Å². The molecule has 0 radical (unpaired) electrons. The first-order valence-corrected chi connectivity index (χ1v) is 12.7. The summed E-state index contributed by atoms with van der Waals surface area (Å²) in [5.41, 5.74) is 1.11. The summed E-state index contributed by atoms with van der Waals surface area (Å²) in [4.78, 5) is 42.3. The van der Waals surface area contributed by atoms with Crippen molar-refractivity contribution in [2.24, 2.45) is 11.8 Å². The fourth-order valence-electron chi connectivity index (χ4n) is 5.63. The Morgan fingerprint density at radius 2 is 1.91 bits per heavy atom. The maximum absolute atomic E-state index is 13.0. The number of likely N-dealkylation sites (tertiary alicyclic amines) is 1. The lowest BCUT2D eigenvalue weighted by Gasteiger charge is -2.42. The van der Waals surface area contributed by atoms with Gasteiger partial charge in [0, 0.05) is 37.6 Å². The highest BCUT2D eigenvalue weighted by Gasteiger charge is 2.45. The molecule has 1 aliphatic carbocycles. The minimum atomic E-state index is -0.325. The number of rotatable bonds is 8. The van der Waals surface area contributed by atoms with Gasteiger partial charge in [-0.05, 0) is 64.0 Å². The van der Waals surface area contributed by atoms with Crippen LogP contribution >= 0.6 is 0 Å². The molecule has 7 nitrogen and oxygen atoms in total. The van der Waals surface area contributed by atoms with Crippen LogP contribution in [0.5, 0.6) is 0 Å². The van der Waals surface area contributed by atoms with E-state index in [0.717, 1.165) is 25.1 Å². The maximum Gasteiger partial charge on any atom is 0.324 e. The third kappa shape index (κ3) is 5.94. The first kappa shape index (κ1) is 23.7. The van der Waals surface area contributed by atoms with Crippen LogP contribution in [0.1, 0.15) is 57.4 Å². The Balaban J connectivity index is 1.21. The highest BCUT2D eigenvalue weighted by molar-refractivity contribution is 5.99. The smallest absolute Gasteiger partial charge is 0.324 e. The molecule has 1 aromatic carbocycles. The van der Waals surface area contributed by atoms with Crippen LogP contribution in [-0.4, -0.2) is 65.9 Å². The van der Waals surface area contributed by atoms with Gasteiger partial charge in [0.2, 0.25) is 11.8 Å². The molecule has 2 saturated heterocycles. The Kier molecular flexibility index (Phi) is 8.02. The third-order valence-electron chi connectivity index (χ3n) is 7.69. The summed E-state index contributed by atoms with van der Waals surface area (Å²) >= 11 is 0. The molecule has 2 aliphatic heterocycles. The molecular weight excluding hydrogens is 416 g/mol. The van der Waals surface area contributed by atoms with Crippen LogP contribution in [0.3, 0.4) is 0 Å². The van der Waals surface area contributed by atoms with Crippen LogP contribution < -0.4 is 10.6 Å². The van der Waals surface area contributed by atoms with Crippen molar-refractivity contribution < 1.29 is 14.4 Å². The number of benzene rings is 1. The van der Waals surface area contributed by atoms with E-state index >= 15 is 0 Å². The first-order valence-electron chi connectivity index (χ1n) is 12.7. The lowest BCUT2D eigenvalue weighted by Crippen LogP contribution is -2.62. The fourth-order valence-corrected chi connectivity index (χ4v) is 5.63. The molecule has 1 saturated carbocycles. The summed E-state index contributed by atoms with van der Waals surface area (Å²) in [6.45, 7) is 5.55. The minimum absolute atomic E-state index is 0.0633. The minimum Gasteiger partial charge on any atom is -0.356 e. The summed E-state index contributed by atoms with van der Waals surface area (Å²) in [5, 5.41) is 6.11. The predicted octanol–water partition coefficient (Wildman–Crippen LogP) is 2.95. The molecular formula is C26H38N4O3. The summed E-state index contributed by atoms with van der Waals surface area (Å²) in [5.74, 6) is -0.380. The van der Waals surface area contributed by atoms with Crippen molar-refractivity contribution in [3.8, 4) is 0 Å². The molecule has 180 valence electrons. The lowest BCUT2D eigenvalue weighted by atomic mass is 9.76. The van der Waals surface area contributed by atoms with Gasteiger partial charge >= 0.3 is 6.03 Å². The van der Waals surface area contributed by atoms with Crippen molar-refractivity contribution >= 4 is 17.8 Å². The number of carbonyl (C=O) groups is 3. The molecule has 4 atom stereocenters. The van der Waals surface area contributed by atoms with Gasteiger partial charge in [0.1, 0.15) is 0 Å². The van der Waals surface area contributed by atoms with E-state index in [1.807, 2.05) is 30.3 Å². The molecule has 4 rings (SSSR count). The fraction of sp³-hybridized carbons (Fsp3) is 0.654. The van der Waals surface area contributed by atoms with E-state index in [0.29, 0.717) is 44.8 Å². The highest BCUT2D eigenvalue weighted by atomic mass is 16.2. The predicted molar refractivity (Wildman–Crippen MR) is 128 cm³/mol. The number of piperidine rings is 1. The van der Waals surface area contributed by atoms with Crippen LogP contribution in [0.2, 0.25) is 0 Å². The van der Waals surface area contributed by atoms with Crippen molar-refractivity contribution in [2.75, 3.05) is 26.2 Å². The Morgan fingerprint density at radius 3 is 2.70 bits per heavy atom. The Labute approximate surface area is 197 Å². The number of urea groups is 1. The summed E-state index contributed by atoms with van der Waals surface area (Å²) < 4.78 is 0. The maximum atomic E-state index is 13.0. The van der Waals surface area contributed by atoms with Gasteiger partial charge in [-0.2, -0.15) is 0 Å². The number of nitrogens with zero attached hydrogens (tertiary/aromatic N) is 2. The monoisotopic (exact) mass is 454 g/mol. The standard InChI is InChI=1S/C26H38N4O3/c1-19-8-5-6-15-29(19)16-7-14-27-24(31)21-11-12-22-23(18-21)28-26(33)30(25(22)32)17-13-20-9-3-2-4-10-20/h2-4,9-10,19,21-23H,5-8,11-18H2,1H3,(H,27,31)(H,28,33). The lowest BCUT2D eigenvalue weighted by molar-refractivity contribution is -0.139. The molecule has 4 amide bonds. The number of amides is 4. The molecule has 3 aliphatic rings. The summed E-state index contributed by atoms with van der Waals surface area (Å²) in [6, 6.07) is 9.97. The van der Waals surface area contributed by atoms with E-state index in [2.05, 4.69) is 22.5 Å². The second-order valence-corrected chi connectivity index (χ2v) is 9.92. The average molecular weight is 455 g/mol. The van der Waals surface area contributed by atoms with E-state index in [4.69, 9.17) is 0 Å². The van der Waals surface area contributed by atoms with Crippen LogP contribution in [-0.2, 0) is 16.0 Å². The highest BCUT2D eigenvalue weighted by Crippen LogP contribution is 2.33. The number of imide groups is 1. The molecule has 3 fully saturated rings. The van der Waals surface area contributed by atoms with Gasteiger partial charge in [-0.25, -0.2) is 4.79 Å². The Hall–Kier alpha value is -2.41. The van der Waals surface area contributed by atoms with Crippen molar-refractivity contribution in [1.82, 2.24) is 20.4 Å². The van der Waals surface area contributed by atoms with E-state index in [1.165, 1.54) is 24.2 Å². The largest absolute Gasteiger partial charge is 0.356 e. The number of carbonyl (C=O) groups excluding carboxylic acids is 3. The molecule has 33 heavy (non-hydrogen) atoms. The Bertz CT molecular complexity index is 830. The number of fused-ring (bicyclic) bond motifs is 1. The molecule has 1 aromatic rings. The number of hydrogen-bond acceptors (Lipinski definition) is 4. The van der Waals surface area contributed by atoms with E-state index < -0.39 is 0 Å². The van der Waals surface area contributed by atoms with Crippen molar-refractivity contribution in [2.45, 2.75) is 70.4 Å². The normalized spacial score (nSPS) is 28.2. The first-order chi connectivity index (χ1) is 16.0. The van der Waals surface area contributed by atoms with Crippen molar-refractivity contribution in [1.29, 1.82) is 0 Å². The Morgan fingerprint density at radius 1 is 1.09 bits per heavy atom. The van der Waals surface area contributed by atoms with Crippen LogP contribution in [0.25, 0.3) is 0 Å². The third-order valence-corrected chi connectivity index (χ3v) is 7.69. The molecule has 0 bridgehead atoms. The van der Waals surface area contributed by atoms with Gasteiger partial charge in [0.25, 0.3) is 0 Å². The van der Waals surface area contributed by atoms with Crippen LogP contribution in [0, 0.1) is 11.8 Å². The molecule has 2 heterocycles. The second-order valence-electron chi connectivity index (χ2n) is 9.92. The average Bonchev–Trinajstić information content (AvgIpc) is 2.83. The van der Waals surface area contributed by atoms with Gasteiger partial charge in [-0.15, -0.1) is 0 Å². The zero-order valence-electron chi connectivity index (χ0n) is 19.8. The van der Waals surface area contributed by atoms with Crippen LogP contribution in [0.15, 0.2) is 30.3 Å². The van der Waals surface area contributed by atoms with Gasteiger partial charge in [0.05, 0.1) is 5.92 Å². The number of nitrogens with one attached hydrogen (secondary N) is 2. The SMILES string of the molecule is CC1CCCCN1CCCNC(=O)C1CCC2C(=O)N(CCc3ccccc3)C(=O)NC2C1. The zero-order valence-corrected chi connectivity index (χ0v) is 19.8. The van der Waals surface area contributed by atoms with Crippen molar-refractivity contribution in [3.63, 3.8) is 0 Å². The van der Waals surface area contributed by atoms with Gasteiger partial charge in [-0.3, -0.25) is 14.5 Å². The summed E-state index contributed by atoms with van der Waals surface area (Å²) in [7, 11) is 0. The molecule has 0 aromatic heterocycles. The number of hydrogen-bond donors (Lipinski definition) is 2. The van der Waals surface area contributed by atoms with Gasteiger partial charge < -0.3 is 15.5 Å². The quantitative estimate of drug-likeness (QED) is 0.592. The second kappa shape index (κ2) is 11.1. The van der Waals surface area contributed by atoms with Gasteiger partial charge in [0.15, 0.2) is 0 Å². The van der Waals surface area contributed by atoms with E-state index in [9.17, 15) is 14.4 Å². The van der Waals surface area contributed by atoms with Gasteiger partial charge in [-0.1, -0.05) is 36.8 Å². The van der Waals surface area contributed by atoms with E-state index in [1.54, 1.807) is 0 Å². The summed E-state index contributed by atoms with van der Waals surface area (Å²) in [6.07, 6.45) is 7.37. The molecule has 7 heteroatoms. The van der Waals surface area contributed by atoms with E-state index in [-0.39, 0.29) is 35.7 Å².